The molecule has 0 radical (unpaired) electrons. The molecule has 192 valence electrons. The first-order valence-electron chi connectivity index (χ1n) is 14.1. The predicted octanol–water partition coefficient (Wildman–Crippen LogP) is 5.46. The van der Waals surface area contributed by atoms with Crippen molar-refractivity contribution >= 4 is 5.91 Å². The minimum absolute atomic E-state index is 0.0637. The molecule has 5 saturated carbocycles. The Kier molecular flexibility index (Phi) is 5.52. The van der Waals surface area contributed by atoms with Crippen LogP contribution >= 0.6 is 0 Å². The second-order valence-corrected chi connectivity index (χ2v) is 14.4. The molecule has 5 fully saturated rings. The lowest BCUT2D eigenvalue weighted by molar-refractivity contribution is -0.252. The zero-order valence-corrected chi connectivity index (χ0v) is 22.3. The van der Waals surface area contributed by atoms with Crippen molar-refractivity contribution in [2.75, 3.05) is 6.61 Å². The molecule has 4 nitrogen and oxygen atoms in total. The van der Waals surface area contributed by atoms with E-state index in [1.807, 2.05) is 0 Å². The molecule has 0 spiro atoms. The molecule has 5 aliphatic rings. The number of aliphatic hydroxyl groups is 2. The summed E-state index contributed by atoms with van der Waals surface area (Å²) in [5.74, 6) is 2.13. The Labute approximate surface area is 207 Å². The lowest BCUT2D eigenvalue weighted by Crippen LogP contribution is -2.68. The predicted molar refractivity (Wildman–Crippen MR) is 136 cm³/mol. The molecule has 4 heteroatoms. The van der Waals surface area contributed by atoms with Crippen molar-refractivity contribution in [3.05, 3.63) is 12.2 Å². The van der Waals surface area contributed by atoms with Crippen LogP contribution in [0.1, 0.15) is 98.8 Å². The summed E-state index contributed by atoms with van der Waals surface area (Å²) in [6, 6.07) is 0. The number of carbonyl (C=O) groups excluding carboxylic acids is 1. The van der Waals surface area contributed by atoms with E-state index < -0.39 is 11.5 Å². The first kappa shape index (κ1) is 24.8. The summed E-state index contributed by atoms with van der Waals surface area (Å²) in [5.41, 5.74) is 7.19. The highest BCUT2D eigenvalue weighted by molar-refractivity contribution is 5.82. The largest absolute Gasteiger partial charge is 0.396 e. The number of fused-ring (bicyclic) bond motifs is 7. The van der Waals surface area contributed by atoms with Gasteiger partial charge in [-0.15, -0.1) is 0 Å². The standard InChI is InChI=1S/C30H49NO3/c1-18(2)19-9-14-30(25(31)34)16-15-28(5)20(24(19)30)7-8-22-26(3)12-11-23(33)27(4,17-32)21(26)10-13-29(22,28)6/h19-24,32-33H,1,7-17H2,2-6H3,(H2,31,34)/t19-,20?,21?,22?,23-,24?,26-,27-,28+,29+,30-/m0/s1. The fraction of sp³-hybridized carbons (Fsp3) is 0.900. The van der Waals surface area contributed by atoms with Crippen LogP contribution in [0.4, 0.5) is 0 Å². The Morgan fingerprint density at radius 3 is 2.24 bits per heavy atom. The maximum atomic E-state index is 13.0. The van der Waals surface area contributed by atoms with Gasteiger partial charge in [0, 0.05) is 5.41 Å². The van der Waals surface area contributed by atoms with E-state index in [2.05, 4.69) is 41.2 Å². The average molecular weight is 472 g/mol. The molecule has 4 N–H and O–H groups in total. The summed E-state index contributed by atoms with van der Waals surface area (Å²) in [6.07, 6.45) is 10.0. The number of nitrogens with two attached hydrogens (primary N) is 1. The first-order valence-corrected chi connectivity index (χ1v) is 14.1. The fourth-order valence-corrected chi connectivity index (χ4v) is 11.6. The zero-order chi connectivity index (χ0) is 24.9. The monoisotopic (exact) mass is 471 g/mol. The summed E-state index contributed by atoms with van der Waals surface area (Å²) >= 11 is 0. The second-order valence-electron chi connectivity index (χ2n) is 14.4. The van der Waals surface area contributed by atoms with Crippen LogP contribution in [0.25, 0.3) is 0 Å². The minimum Gasteiger partial charge on any atom is -0.396 e. The fourth-order valence-electron chi connectivity index (χ4n) is 11.6. The van der Waals surface area contributed by atoms with E-state index >= 15 is 0 Å². The number of allylic oxidation sites excluding steroid dienone is 1. The molecular formula is C30H49NO3. The van der Waals surface area contributed by atoms with E-state index in [4.69, 9.17) is 5.73 Å². The van der Waals surface area contributed by atoms with Crippen molar-refractivity contribution in [2.45, 2.75) is 105 Å². The van der Waals surface area contributed by atoms with Crippen LogP contribution in [0.3, 0.4) is 0 Å². The van der Waals surface area contributed by atoms with E-state index in [1.54, 1.807) is 0 Å². The molecule has 5 aliphatic carbocycles. The van der Waals surface area contributed by atoms with E-state index in [-0.39, 0.29) is 34.2 Å². The van der Waals surface area contributed by atoms with E-state index in [9.17, 15) is 15.0 Å². The summed E-state index contributed by atoms with van der Waals surface area (Å²) in [6.45, 7) is 16.4. The molecule has 0 heterocycles. The smallest absolute Gasteiger partial charge is 0.223 e. The van der Waals surface area contributed by atoms with Gasteiger partial charge in [0.25, 0.3) is 0 Å². The number of carbonyl (C=O) groups is 1. The molecular weight excluding hydrogens is 422 g/mol. The van der Waals surface area contributed by atoms with Crippen LogP contribution < -0.4 is 5.73 Å². The lowest BCUT2D eigenvalue weighted by atomic mass is 9.32. The first-order chi connectivity index (χ1) is 15.8. The number of amides is 1. The van der Waals surface area contributed by atoms with Crippen molar-refractivity contribution in [3.63, 3.8) is 0 Å². The van der Waals surface area contributed by atoms with Gasteiger partial charge < -0.3 is 15.9 Å². The Hall–Kier alpha value is -0.870. The van der Waals surface area contributed by atoms with Gasteiger partial charge in [-0.2, -0.15) is 0 Å². The Bertz CT molecular complexity index is 886. The topological polar surface area (TPSA) is 83.6 Å². The molecule has 5 rings (SSSR count). The number of hydrogen-bond acceptors (Lipinski definition) is 3. The Morgan fingerprint density at radius 2 is 1.62 bits per heavy atom. The molecule has 0 aromatic rings. The molecule has 11 atom stereocenters. The lowest BCUT2D eigenvalue weighted by Gasteiger charge is -2.72. The molecule has 34 heavy (non-hydrogen) atoms. The average Bonchev–Trinajstić information content (AvgIpc) is 3.18. The normalized spacial score (nSPS) is 56.6. The van der Waals surface area contributed by atoms with Gasteiger partial charge in [0.05, 0.1) is 18.1 Å². The summed E-state index contributed by atoms with van der Waals surface area (Å²) in [4.78, 5) is 13.0. The molecule has 1 amide bonds. The van der Waals surface area contributed by atoms with Crippen molar-refractivity contribution in [2.24, 2.45) is 62.4 Å². The van der Waals surface area contributed by atoms with E-state index in [1.165, 1.54) is 18.4 Å². The maximum Gasteiger partial charge on any atom is 0.223 e. The van der Waals surface area contributed by atoms with Crippen LogP contribution in [0.2, 0.25) is 0 Å². The number of rotatable bonds is 3. The second kappa shape index (κ2) is 7.57. The number of primary amides is 1. The van der Waals surface area contributed by atoms with Crippen LogP contribution in [0.15, 0.2) is 12.2 Å². The van der Waals surface area contributed by atoms with Crippen LogP contribution in [0, 0.1) is 56.7 Å². The van der Waals surface area contributed by atoms with Crippen LogP contribution in [-0.2, 0) is 4.79 Å². The Balaban J connectivity index is 1.56. The third-order valence-corrected chi connectivity index (χ3v) is 13.7. The van der Waals surface area contributed by atoms with Crippen molar-refractivity contribution < 1.29 is 15.0 Å². The van der Waals surface area contributed by atoms with Crippen LogP contribution in [-0.4, -0.2) is 28.8 Å². The summed E-state index contributed by atoms with van der Waals surface area (Å²) in [7, 11) is 0. The molecule has 0 aromatic carbocycles. The number of aliphatic hydroxyl groups excluding tert-OH is 2. The van der Waals surface area contributed by atoms with Gasteiger partial charge in [-0.3, -0.25) is 4.79 Å². The van der Waals surface area contributed by atoms with Gasteiger partial charge in [0.1, 0.15) is 0 Å². The van der Waals surface area contributed by atoms with Gasteiger partial charge in [-0.05, 0) is 117 Å². The quantitative estimate of drug-likeness (QED) is 0.478. The van der Waals surface area contributed by atoms with E-state index in [0.717, 1.165) is 51.4 Å². The van der Waals surface area contributed by atoms with Gasteiger partial charge in [-0.1, -0.05) is 39.8 Å². The third-order valence-electron chi connectivity index (χ3n) is 13.7. The number of hydrogen-bond donors (Lipinski definition) is 3. The van der Waals surface area contributed by atoms with Gasteiger partial charge in [0.2, 0.25) is 5.91 Å². The van der Waals surface area contributed by atoms with Gasteiger partial charge in [-0.25, -0.2) is 0 Å². The molecule has 0 aliphatic heterocycles. The molecule has 4 unspecified atom stereocenters. The van der Waals surface area contributed by atoms with Crippen molar-refractivity contribution in [1.82, 2.24) is 0 Å². The summed E-state index contributed by atoms with van der Waals surface area (Å²) in [5, 5.41) is 21.4. The highest BCUT2D eigenvalue weighted by atomic mass is 16.3. The maximum absolute atomic E-state index is 13.0. The molecule has 0 saturated heterocycles. The highest BCUT2D eigenvalue weighted by Gasteiger charge is 2.71. The van der Waals surface area contributed by atoms with Crippen molar-refractivity contribution in [3.8, 4) is 0 Å². The van der Waals surface area contributed by atoms with E-state index in [0.29, 0.717) is 29.6 Å². The van der Waals surface area contributed by atoms with Crippen molar-refractivity contribution in [1.29, 1.82) is 0 Å². The molecule has 0 bridgehead atoms. The Morgan fingerprint density at radius 1 is 0.912 bits per heavy atom. The third kappa shape index (κ3) is 2.76. The SMILES string of the molecule is C=C(C)[C@@H]1CC[C@]2(C(N)=O)CC[C@]3(C)C(CCC4[C@@]5(C)CC[C@H](O)[C@@](C)(CO)C5CC[C@]43C)C12. The highest BCUT2D eigenvalue weighted by Crippen LogP contribution is 2.77. The summed E-state index contributed by atoms with van der Waals surface area (Å²) < 4.78 is 0. The molecule has 0 aromatic heterocycles. The van der Waals surface area contributed by atoms with Gasteiger partial charge >= 0.3 is 0 Å². The minimum atomic E-state index is -0.410. The zero-order valence-electron chi connectivity index (χ0n) is 22.3. The van der Waals surface area contributed by atoms with Gasteiger partial charge in [0.15, 0.2) is 0 Å². The van der Waals surface area contributed by atoms with Crippen LogP contribution in [0.5, 0.6) is 0 Å².